The predicted octanol–water partition coefficient (Wildman–Crippen LogP) is 1.41. The van der Waals surface area contributed by atoms with E-state index < -0.39 is 0 Å². The van der Waals surface area contributed by atoms with E-state index in [1.807, 2.05) is 25.2 Å². The van der Waals surface area contributed by atoms with Crippen molar-refractivity contribution in [1.29, 1.82) is 0 Å². The monoisotopic (exact) mass is 233 g/mol. The number of amides is 2. The highest BCUT2D eigenvalue weighted by Crippen LogP contribution is 2.34. The first-order valence-electron chi connectivity index (χ1n) is 5.89. The summed E-state index contributed by atoms with van der Waals surface area (Å²) in [5, 5.41) is 2.85. The molecule has 1 atom stereocenters. The van der Waals surface area contributed by atoms with Gasteiger partial charge in [-0.2, -0.15) is 0 Å². The zero-order chi connectivity index (χ0) is 12.5. The summed E-state index contributed by atoms with van der Waals surface area (Å²) in [7, 11) is 1.84. The minimum atomic E-state index is -0.266. The fraction of sp³-hybridized carbons (Fsp3) is 0.462. The van der Waals surface area contributed by atoms with Crippen LogP contribution in [0.1, 0.15) is 24.5 Å². The molecule has 1 aromatic carbocycles. The molecular formula is C13H19N3O. The van der Waals surface area contributed by atoms with Gasteiger partial charge in [-0.3, -0.25) is 0 Å². The number of nitrogens with one attached hydrogen (secondary N) is 1. The highest BCUT2D eigenvalue weighted by atomic mass is 16.2. The van der Waals surface area contributed by atoms with Gasteiger partial charge in [0.1, 0.15) is 0 Å². The molecule has 3 N–H and O–H groups in total. The van der Waals surface area contributed by atoms with Gasteiger partial charge in [0, 0.05) is 20.1 Å². The van der Waals surface area contributed by atoms with Crippen LogP contribution in [0.5, 0.6) is 0 Å². The van der Waals surface area contributed by atoms with Crippen LogP contribution in [0.15, 0.2) is 24.3 Å². The van der Waals surface area contributed by atoms with Crippen LogP contribution in [0.2, 0.25) is 0 Å². The largest absolute Gasteiger partial charge is 0.338 e. The summed E-state index contributed by atoms with van der Waals surface area (Å²) in [6.07, 6.45) is 0.895. The van der Waals surface area contributed by atoms with Gasteiger partial charge in [-0.05, 0) is 24.5 Å². The lowest BCUT2D eigenvalue weighted by Crippen LogP contribution is -2.55. The van der Waals surface area contributed by atoms with E-state index >= 15 is 0 Å². The maximum Gasteiger partial charge on any atom is 0.317 e. The van der Waals surface area contributed by atoms with E-state index in [1.165, 1.54) is 0 Å². The average Bonchev–Trinajstić information content (AvgIpc) is 2.36. The van der Waals surface area contributed by atoms with Crippen LogP contribution in [0.4, 0.5) is 4.79 Å². The molecule has 0 radical (unpaired) electrons. The summed E-state index contributed by atoms with van der Waals surface area (Å²) in [5.41, 5.74) is 7.77. The van der Waals surface area contributed by atoms with E-state index in [2.05, 4.69) is 18.3 Å². The molecule has 1 aliphatic rings. The highest BCUT2D eigenvalue weighted by Gasteiger charge is 2.38. The lowest BCUT2D eigenvalue weighted by Gasteiger charge is -2.44. The van der Waals surface area contributed by atoms with Crippen LogP contribution in [-0.2, 0) is 12.1 Å². The summed E-state index contributed by atoms with van der Waals surface area (Å²) >= 11 is 0. The standard InChI is InChI=1S/C13H19N3O/c1-13(7-8-15-12(17)16(13)2)11-6-4-3-5-10(11)9-14/h3-6H,7-9,14H2,1-2H3,(H,15,17). The van der Waals surface area contributed by atoms with Crippen LogP contribution in [0.3, 0.4) is 0 Å². The number of nitrogens with two attached hydrogens (primary N) is 1. The molecule has 17 heavy (non-hydrogen) atoms. The van der Waals surface area contributed by atoms with Crippen molar-refractivity contribution in [2.75, 3.05) is 13.6 Å². The smallest absolute Gasteiger partial charge is 0.317 e. The van der Waals surface area contributed by atoms with Crippen molar-refractivity contribution in [3.05, 3.63) is 35.4 Å². The maximum atomic E-state index is 11.8. The molecule has 2 amide bonds. The summed E-state index contributed by atoms with van der Waals surface area (Å²) in [6.45, 7) is 3.31. The van der Waals surface area contributed by atoms with Crippen molar-refractivity contribution in [1.82, 2.24) is 10.2 Å². The Balaban J connectivity index is 2.46. The average molecular weight is 233 g/mol. The summed E-state index contributed by atoms with van der Waals surface area (Å²) in [6, 6.07) is 8.06. The van der Waals surface area contributed by atoms with E-state index in [9.17, 15) is 4.79 Å². The van der Waals surface area contributed by atoms with Gasteiger partial charge in [0.2, 0.25) is 0 Å². The number of rotatable bonds is 2. The Morgan fingerprint density at radius 1 is 1.47 bits per heavy atom. The summed E-state index contributed by atoms with van der Waals surface area (Å²) in [5.74, 6) is 0. The van der Waals surface area contributed by atoms with Gasteiger partial charge in [0.25, 0.3) is 0 Å². The van der Waals surface area contributed by atoms with Crippen molar-refractivity contribution < 1.29 is 4.79 Å². The molecule has 0 aliphatic carbocycles. The Kier molecular flexibility index (Phi) is 3.07. The maximum absolute atomic E-state index is 11.8. The third-order valence-corrected chi connectivity index (χ3v) is 3.75. The molecule has 1 aliphatic heterocycles. The topological polar surface area (TPSA) is 58.4 Å². The first-order chi connectivity index (χ1) is 8.09. The van der Waals surface area contributed by atoms with Crippen LogP contribution in [0, 0.1) is 0 Å². The van der Waals surface area contributed by atoms with Crippen molar-refractivity contribution in [3.8, 4) is 0 Å². The van der Waals surface area contributed by atoms with Crippen LogP contribution in [0.25, 0.3) is 0 Å². The van der Waals surface area contributed by atoms with Crippen molar-refractivity contribution in [2.45, 2.75) is 25.4 Å². The molecule has 1 fully saturated rings. The van der Waals surface area contributed by atoms with Gasteiger partial charge in [0.05, 0.1) is 5.54 Å². The Hall–Kier alpha value is -1.55. The number of benzene rings is 1. The summed E-state index contributed by atoms with van der Waals surface area (Å²) < 4.78 is 0. The molecule has 1 unspecified atom stereocenters. The minimum absolute atomic E-state index is 0.0226. The van der Waals surface area contributed by atoms with Gasteiger partial charge >= 0.3 is 6.03 Å². The van der Waals surface area contributed by atoms with Crippen LogP contribution in [-0.4, -0.2) is 24.5 Å². The lowest BCUT2D eigenvalue weighted by molar-refractivity contribution is 0.116. The molecule has 2 rings (SSSR count). The van der Waals surface area contributed by atoms with Crippen molar-refractivity contribution in [2.24, 2.45) is 5.73 Å². The van der Waals surface area contributed by atoms with Gasteiger partial charge < -0.3 is 16.0 Å². The van der Waals surface area contributed by atoms with E-state index in [-0.39, 0.29) is 11.6 Å². The number of nitrogens with zero attached hydrogens (tertiary/aromatic N) is 1. The quantitative estimate of drug-likeness (QED) is 0.811. The van der Waals surface area contributed by atoms with E-state index in [1.54, 1.807) is 4.90 Å². The molecule has 0 aromatic heterocycles. The third-order valence-electron chi connectivity index (χ3n) is 3.75. The second-order valence-corrected chi connectivity index (χ2v) is 4.68. The molecule has 1 heterocycles. The first kappa shape index (κ1) is 11.9. The Bertz CT molecular complexity index is 432. The van der Waals surface area contributed by atoms with Crippen molar-refractivity contribution in [3.63, 3.8) is 0 Å². The van der Waals surface area contributed by atoms with Gasteiger partial charge in [-0.25, -0.2) is 4.79 Å². The number of hydrogen-bond acceptors (Lipinski definition) is 2. The molecule has 0 bridgehead atoms. The molecule has 92 valence electrons. The molecule has 1 saturated heterocycles. The molecule has 4 heteroatoms. The van der Waals surface area contributed by atoms with Gasteiger partial charge in [0.15, 0.2) is 0 Å². The van der Waals surface area contributed by atoms with Crippen LogP contribution >= 0.6 is 0 Å². The first-order valence-corrected chi connectivity index (χ1v) is 5.89. The van der Waals surface area contributed by atoms with Gasteiger partial charge in [-0.1, -0.05) is 24.3 Å². The molecule has 0 saturated carbocycles. The van der Waals surface area contributed by atoms with E-state index in [4.69, 9.17) is 5.73 Å². The van der Waals surface area contributed by atoms with Crippen LogP contribution < -0.4 is 11.1 Å². The number of carbonyl (C=O) groups excluding carboxylic acids is 1. The zero-order valence-corrected chi connectivity index (χ0v) is 10.4. The molecular weight excluding hydrogens is 214 g/mol. The second-order valence-electron chi connectivity index (χ2n) is 4.68. The Morgan fingerprint density at radius 3 is 2.88 bits per heavy atom. The van der Waals surface area contributed by atoms with Gasteiger partial charge in [-0.15, -0.1) is 0 Å². The second kappa shape index (κ2) is 4.37. The van der Waals surface area contributed by atoms with E-state index in [0.717, 1.165) is 17.5 Å². The zero-order valence-electron chi connectivity index (χ0n) is 10.4. The molecule has 1 aromatic rings. The third kappa shape index (κ3) is 1.89. The number of carbonyl (C=O) groups is 1. The predicted molar refractivity (Wildman–Crippen MR) is 67.5 cm³/mol. The number of urea groups is 1. The summed E-state index contributed by atoms with van der Waals surface area (Å²) in [4.78, 5) is 13.5. The van der Waals surface area contributed by atoms with Crippen molar-refractivity contribution >= 4 is 6.03 Å². The Labute approximate surface area is 102 Å². The fourth-order valence-corrected chi connectivity index (χ4v) is 2.46. The number of hydrogen-bond donors (Lipinski definition) is 2. The molecule has 4 nitrogen and oxygen atoms in total. The Morgan fingerprint density at radius 2 is 2.18 bits per heavy atom. The molecule has 0 spiro atoms. The lowest BCUT2D eigenvalue weighted by atomic mass is 9.83. The SMILES string of the molecule is CN1C(=O)NCCC1(C)c1ccccc1CN. The highest BCUT2D eigenvalue weighted by molar-refractivity contribution is 5.76. The minimum Gasteiger partial charge on any atom is -0.338 e. The normalized spacial score (nSPS) is 24.6. The fourth-order valence-electron chi connectivity index (χ4n) is 2.46. The van der Waals surface area contributed by atoms with E-state index in [0.29, 0.717) is 13.1 Å².